The van der Waals surface area contributed by atoms with E-state index < -0.39 is 0 Å². The van der Waals surface area contributed by atoms with Crippen LogP contribution in [0.15, 0.2) is 6.33 Å². The minimum Gasteiger partial charge on any atom is -0.393 e. The molecule has 1 aromatic heterocycles. The molecule has 1 fully saturated rings. The maximum atomic E-state index is 9.75. The third-order valence-electron chi connectivity index (χ3n) is 2.96. The van der Waals surface area contributed by atoms with E-state index in [0.29, 0.717) is 5.92 Å². The topological polar surface area (TPSA) is 50.9 Å². The van der Waals surface area contributed by atoms with Gasteiger partial charge in [-0.25, -0.2) is 4.98 Å². The summed E-state index contributed by atoms with van der Waals surface area (Å²) in [5.41, 5.74) is 0. The Morgan fingerprint density at radius 3 is 3.07 bits per heavy atom. The van der Waals surface area contributed by atoms with E-state index >= 15 is 0 Å². The van der Waals surface area contributed by atoms with Gasteiger partial charge in [-0.05, 0) is 31.6 Å². The molecule has 1 aliphatic rings. The Labute approximate surface area is 90.3 Å². The Morgan fingerprint density at radius 1 is 1.60 bits per heavy atom. The number of hydrogen-bond acceptors (Lipinski definition) is 3. The predicted octanol–water partition coefficient (Wildman–Crippen LogP) is 1.39. The number of aromatic nitrogens is 3. The lowest BCUT2D eigenvalue weighted by Gasteiger charge is -2.08. The Morgan fingerprint density at radius 2 is 2.40 bits per heavy atom. The van der Waals surface area contributed by atoms with Gasteiger partial charge in [-0.15, -0.1) is 0 Å². The molecule has 84 valence electrons. The fourth-order valence-electron chi connectivity index (χ4n) is 1.87. The van der Waals surface area contributed by atoms with Crippen molar-refractivity contribution >= 4 is 0 Å². The van der Waals surface area contributed by atoms with Gasteiger partial charge in [-0.3, -0.25) is 4.68 Å². The van der Waals surface area contributed by atoms with Crippen LogP contribution in [0.2, 0.25) is 0 Å². The first-order chi connectivity index (χ1) is 7.31. The molecular weight excluding hydrogens is 190 g/mol. The van der Waals surface area contributed by atoms with Crippen molar-refractivity contribution < 1.29 is 5.11 Å². The Hall–Kier alpha value is -0.900. The summed E-state index contributed by atoms with van der Waals surface area (Å²) in [5.74, 6) is 1.57. The summed E-state index contributed by atoms with van der Waals surface area (Å²) < 4.78 is 1.94. The maximum Gasteiger partial charge on any atom is 0.138 e. The van der Waals surface area contributed by atoms with Gasteiger partial charge in [0.25, 0.3) is 0 Å². The van der Waals surface area contributed by atoms with E-state index in [2.05, 4.69) is 17.0 Å². The molecular formula is C11H19N3O. The smallest absolute Gasteiger partial charge is 0.138 e. The number of aliphatic hydroxyl groups is 1. The molecule has 4 heteroatoms. The van der Waals surface area contributed by atoms with Crippen molar-refractivity contribution in [2.24, 2.45) is 5.92 Å². The summed E-state index contributed by atoms with van der Waals surface area (Å²) in [5, 5.41) is 13.9. The van der Waals surface area contributed by atoms with Crippen molar-refractivity contribution in [3.8, 4) is 0 Å². The van der Waals surface area contributed by atoms with Crippen LogP contribution in [-0.2, 0) is 13.0 Å². The van der Waals surface area contributed by atoms with Gasteiger partial charge in [-0.2, -0.15) is 5.10 Å². The highest BCUT2D eigenvalue weighted by molar-refractivity contribution is 4.88. The monoisotopic (exact) mass is 209 g/mol. The van der Waals surface area contributed by atoms with Crippen molar-refractivity contribution in [2.75, 3.05) is 0 Å². The van der Waals surface area contributed by atoms with E-state index in [9.17, 15) is 5.11 Å². The standard InChI is InChI=1S/C11H19N3O/c1-2-7-14-11(12-8-13-14)6-5-10(15)9-3-4-9/h8-10,15H,2-7H2,1H3. The second-order valence-corrected chi connectivity index (χ2v) is 4.34. The summed E-state index contributed by atoms with van der Waals surface area (Å²) in [6.45, 7) is 3.05. The highest BCUT2D eigenvalue weighted by atomic mass is 16.3. The average Bonchev–Trinajstić information content (AvgIpc) is 2.99. The van der Waals surface area contributed by atoms with Crippen molar-refractivity contribution in [1.82, 2.24) is 14.8 Å². The fourth-order valence-corrected chi connectivity index (χ4v) is 1.87. The van der Waals surface area contributed by atoms with Crippen molar-refractivity contribution in [3.05, 3.63) is 12.2 Å². The van der Waals surface area contributed by atoms with Gasteiger partial charge in [0.15, 0.2) is 0 Å². The lowest BCUT2D eigenvalue weighted by molar-refractivity contribution is 0.140. The molecule has 1 aromatic rings. The van der Waals surface area contributed by atoms with Crippen LogP contribution in [0.5, 0.6) is 0 Å². The van der Waals surface area contributed by atoms with Gasteiger partial charge in [0.05, 0.1) is 6.10 Å². The molecule has 1 saturated carbocycles. The zero-order valence-corrected chi connectivity index (χ0v) is 9.26. The first kappa shape index (κ1) is 10.6. The third kappa shape index (κ3) is 2.78. The van der Waals surface area contributed by atoms with E-state index in [-0.39, 0.29) is 6.10 Å². The third-order valence-corrected chi connectivity index (χ3v) is 2.96. The lowest BCUT2D eigenvalue weighted by atomic mass is 10.1. The zero-order valence-electron chi connectivity index (χ0n) is 9.26. The van der Waals surface area contributed by atoms with Gasteiger partial charge in [-0.1, -0.05) is 6.92 Å². The quantitative estimate of drug-likeness (QED) is 0.770. The van der Waals surface area contributed by atoms with Crippen LogP contribution in [-0.4, -0.2) is 26.0 Å². The first-order valence-corrected chi connectivity index (χ1v) is 5.86. The molecule has 0 saturated heterocycles. The highest BCUT2D eigenvalue weighted by Crippen LogP contribution is 2.34. The van der Waals surface area contributed by atoms with Crippen molar-refractivity contribution in [2.45, 2.75) is 51.7 Å². The second kappa shape index (κ2) is 4.75. The molecule has 0 spiro atoms. The molecule has 1 N–H and O–H groups in total. The first-order valence-electron chi connectivity index (χ1n) is 5.86. The molecule has 2 rings (SSSR count). The summed E-state index contributed by atoms with van der Waals surface area (Å²) in [7, 11) is 0. The van der Waals surface area contributed by atoms with Crippen LogP contribution in [0.25, 0.3) is 0 Å². The molecule has 0 aromatic carbocycles. The van der Waals surface area contributed by atoms with E-state index in [1.54, 1.807) is 6.33 Å². The summed E-state index contributed by atoms with van der Waals surface area (Å²) >= 11 is 0. The molecule has 1 aliphatic carbocycles. The molecule has 0 amide bonds. The SMILES string of the molecule is CCCn1ncnc1CCC(O)C1CC1. The normalized spacial score (nSPS) is 18.0. The molecule has 0 radical (unpaired) electrons. The molecule has 0 aliphatic heterocycles. The van der Waals surface area contributed by atoms with Gasteiger partial charge in [0.1, 0.15) is 12.2 Å². The van der Waals surface area contributed by atoms with Crippen LogP contribution < -0.4 is 0 Å². The van der Waals surface area contributed by atoms with Crippen LogP contribution in [0.1, 0.15) is 38.4 Å². The predicted molar refractivity (Wildman–Crippen MR) is 57.4 cm³/mol. The summed E-state index contributed by atoms with van der Waals surface area (Å²) in [6, 6.07) is 0. The highest BCUT2D eigenvalue weighted by Gasteiger charge is 2.29. The maximum absolute atomic E-state index is 9.75. The Balaban J connectivity index is 1.83. The van der Waals surface area contributed by atoms with Gasteiger partial charge >= 0.3 is 0 Å². The minimum absolute atomic E-state index is 0.128. The molecule has 1 unspecified atom stereocenters. The molecule has 1 atom stereocenters. The minimum atomic E-state index is -0.128. The van der Waals surface area contributed by atoms with Gasteiger partial charge < -0.3 is 5.11 Å². The number of hydrogen-bond donors (Lipinski definition) is 1. The van der Waals surface area contributed by atoms with Crippen LogP contribution in [0.3, 0.4) is 0 Å². The average molecular weight is 209 g/mol. The number of rotatable bonds is 6. The van der Waals surface area contributed by atoms with Crippen LogP contribution >= 0.6 is 0 Å². The fraction of sp³-hybridized carbons (Fsp3) is 0.818. The van der Waals surface area contributed by atoms with Gasteiger partial charge in [0.2, 0.25) is 0 Å². The molecule has 0 bridgehead atoms. The van der Waals surface area contributed by atoms with E-state index in [1.165, 1.54) is 12.8 Å². The Bertz CT molecular complexity index is 307. The molecule has 1 heterocycles. The van der Waals surface area contributed by atoms with Crippen LogP contribution in [0.4, 0.5) is 0 Å². The summed E-state index contributed by atoms with van der Waals surface area (Å²) in [6.07, 6.45) is 6.61. The number of nitrogens with zero attached hydrogens (tertiary/aromatic N) is 3. The molecule has 15 heavy (non-hydrogen) atoms. The Kier molecular flexibility index (Phi) is 3.36. The number of aliphatic hydroxyl groups excluding tert-OH is 1. The lowest BCUT2D eigenvalue weighted by Crippen LogP contribution is -2.13. The summed E-state index contributed by atoms with van der Waals surface area (Å²) in [4.78, 5) is 4.23. The largest absolute Gasteiger partial charge is 0.393 e. The van der Waals surface area contributed by atoms with E-state index in [4.69, 9.17) is 0 Å². The van der Waals surface area contributed by atoms with Crippen molar-refractivity contribution in [1.29, 1.82) is 0 Å². The van der Waals surface area contributed by atoms with E-state index in [0.717, 1.165) is 31.6 Å². The van der Waals surface area contributed by atoms with Crippen molar-refractivity contribution in [3.63, 3.8) is 0 Å². The number of aryl methyl sites for hydroxylation is 2. The van der Waals surface area contributed by atoms with E-state index in [1.807, 2.05) is 4.68 Å². The van der Waals surface area contributed by atoms with Gasteiger partial charge in [0, 0.05) is 13.0 Å². The molecule has 4 nitrogen and oxygen atoms in total. The second-order valence-electron chi connectivity index (χ2n) is 4.34. The van der Waals surface area contributed by atoms with Crippen LogP contribution in [0, 0.1) is 5.92 Å². The zero-order chi connectivity index (χ0) is 10.7.